The molecule has 6 nitrogen and oxygen atoms in total. The number of carbonyl (C=O) groups is 2. The summed E-state index contributed by atoms with van der Waals surface area (Å²) in [5.41, 5.74) is 1.50. The van der Waals surface area contributed by atoms with Crippen molar-refractivity contribution < 1.29 is 9.59 Å². The molecule has 2 fully saturated rings. The first-order chi connectivity index (χ1) is 12.6. The molecular weight excluding hydrogens is 328 g/mol. The highest BCUT2D eigenvalue weighted by Gasteiger charge is 2.30. The average molecular weight is 363 g/mol. The Kier molecular flexibility index (Phi) is 7.08. The standard InChI is InChI=1S/C20H34N4O2/c1-16(20(26)22-18-7-8-18)24-13-11-23(12-14-24)15-19(25)21-10-9-17-5-3-2-4-6-17/h5,16,18H,2-4,6-15H2,1H3,(H,21,25)(H,22,26). The van der Waals surface area contributed by atoms with E-state index in [4.69, 9.17) is 0 Å². The molecule has 2 aliphatic carbocycles. The Balaban J connectivity index is 1.29. The molecule has 1 unspecified atom stereocenters. The summed E-state index contributed by atoms with van der Waals surface area (Å²) in [5, 5.41) is 6.14. The van der Waals surface area contributed by atoms with Gasteiger partial charge in [-0.15, -0.1) is 0 Å². The number of rotatable bonds is 8. The summed E-state index contributed by atoms with van der Waals surface area (Å²) in [7, 11) is 0. The van der Waals surface area contributed by atoms with Gasteiger partial charge in [-0.1, -0.05) is 11.6 Å². The first-order valence-corrected chi connectivity index (χ1v) is 10.3. The minimum absolute atomic E-state index is 0.0738. The molecule has 2 N–H and O–H groups in total. The van der Waals surface area contributed by atoms with E-state index in [2.05, 4.69) is 26.5 Å². The largest absolute Gasteiger partial charge is 0.355 e. The second kappa shape index (κ2) is 9.51. The molecule has 0 spiro atoms. The fourth-order valence-electron chi connectivity index (χ4n) is 3.78. The number of nitrogens with one attached hydrogen (secondary N) is 2. The molecule has 1 saturated heterocycles. The predicted molar refractivity (Wildman–Crippen MR) is 103 cm³/mol. The number of nitrogens with zero attached hydrogens (tertiary/aromatic N) is 2. The molecule has 2 amide bonds. The van der Waals surface area contributed by atoms with Crippen molar-refractivity contribution in [1.82, 2.24) is 20.4 Å². The summed E-state index contributed by atoms with van der Waals surface area (Å²) in [5.74, 6) is 0.269. The number of piperazine rings is 1. The van der Waals surface area contributed by atoms with Crippen LogP contribution in [0.4, 0.5) is 0 Å². The fraction of sp³-hybridized carbons (Fsp3) is 0.800. The summed E-state index contributed by atoms with van der Waals surface area (Å²) in [6.07, 6.45) is 10.6. The molecule has 6 heteroatoms. The fourth-order valence-corrected chi connectivity index (χ4v) is 3.78. The topological polar surface area (TPSA) is 64.7 Å². The zero-order valence-corrected chi connectivity index (χ0v) is 16.1. The van der Waals surface area contributed by atoms with E-state index in [1.54, 1.807) is 0 Å². The summed E-state index contributed by atoms with van der Waals surface area (Å²) in [6, 6.07) is 0.342. The Morgan fingerprint density at radius 1 is 1.19 bits per heavy atom. The quantitative estimate of drug-likeness (QED) is 0.639. The van der Waals surface area contributed by atoms with E-state index in [-0.39, 0.29) is 17.9 Å². The Hall–Kier alpha value is -1.40. The van der Waals surface area contributed by atoms with E-state index in [0.29, 0.717) is 12.6 Å². The molecule has 3 aliphatic rings. The van der Waals surface area contributed by atoms with Gasteiger partial charge >= 0.3 is 0 Å². The van der Waals surface area contributed by atoms with E-state index >= 15 is 0 Å². The van der Waals surface area contributed by atoms with Gasteiger partial charge < -0.3 is 10.6 Å². The van der Waals surface area contributed by atoms with Crippen LogP contribution in [0.1, 0.15) is 51.9 Å². The van der Waals surface area contributed by atoms with E-state index in [1.165, 1.54) is 31.3 Å². The summed E-state index contributed by atoms with van der Waals surface area (Å²) in [6.45, 7) is 6.59. The number of hydrogen-bond donors (Lipinski definition) is 2. The van der Waals surface area contributed by atoms with Crippen molar-refractivity contribution in [2.75, 3.05) is 39.3 Å². The van der Waals surface area contributed by atoms with Gasteiger partial charge in [-0.25, -0.2) is 0 Å². The van der Waals surface area contributed by atoms with Gasteiger partial charge in [-0.05, 0) is 51.9 Å². The van der Waals surface area contributed by atoms with E-state index in [1.807, 2.05) is 6.92 Å². The van der Waals surface area contributed by atoms with Crippen LogP contribution >= 0.6 is 0 Å². The van der Waals surface area contributed by atoms with Crippen molar-refractivity contribution in [2.45, 2.75) is 64.0 Å². The number of carbonyl (C=O) groups excluding carboxylic acids is 2. The van der Waals surface area contributed by atoms with Crippen LogP contribution in [0.15, 0.2) is 11.6 Å². The van der Waals surface area contributed by atoms with E-state index < -0.39 is 0 Å². The van der Waals surface area contributed by atoms with Crippen molar-refractivity contribution in [3.63, 3.8) is 0 Å². The van der Waals surface area contributed by atoms with Crippen molar-refractivity contribution in [3.05, 3.63) is 11.6 Å². The lowest BCUT2D eigenvalue weighted by Gasteiger charge is -2.37. The van der Waals surface area contributed by atoms with Gasteiger partial charge in [0, 0.05) is 38.8 Å². The third kappa shape index (κ3) is 6.09. The highest BCUT2D eigenvalue weighted by atomic mass is 16.2. The predicted octanol–water partition coefficient (Wildman–Crippen LogP) is 1.28. The van der Waals surface area contributed by atoms with Crippen LogP contribution < -0.4 is 10.6 Å². The van der Waals surface area contributed by atoms with Crippen molar-refractivity contribution in [1.29, 1.82) is 0 Å². The smallest absolute Gasteiger partial charge is 0.237 e. The first-order valence-electron chi connectivity index (χ1n) is 10.3. The normalized spacial score (nSPS) is 23.2. The van der Waals surface area contributed by atoms with Crippen LogP contribution in [0.3, 0.4) is 0 Å². The Bertz CT molecular complexity index is 522. The minimum atomic E-state index is -0.0738. The lowest BCUT2D eigenvalue weighted by atomic mass is 9.97. The second-order valence-corrected chi connectivity index (χ2v) is 7.98. The molecule has 0 bridgehead atoms. The van der Waals surface area contributed by atoms with Gasteiger partial charge in [-0.3, -0.25) is 19.4 Å². The van der Waals surface area contributed by atoms with Gasteiger partial charge in [0.25, 0.3) is 0 Å². The monoisotopic (exact) mass is 362 g/mol. The third-order valence-corrected chi connectivity index (χ3v) is 5.78. The zero-order chi connectivity index (χ0) is 18.4. The lowest BCUT2D eigenvalue weighted by molar-refractivity contribution is -0.128. The molecule has 26 heavy (non-hydrogen) atoms. The summed E-state index contributed by atoms with van der Waals surface area (Å²) in [4.78, 5) is 28.7. The molecule has 3 rings (SSSR count). The van der Waals surface area contributed by atoms with Crippen LogP contribution in [0.2, 0.25) is 0 Å². The first kappa shape index (κ1) is 19.4. The minimum Gasteiger partial charge on any atom is -0.355 e. The Morgan fingerprint density at radius 2 is 1.96 bits per heavy atom. The lowest BCUT2D eigenvalue weighted by Crippen LogP contribution is -2.55. The molecule has 0 radical (unpaired) electrons. The Labute approximate surface area is 157 Å². The second-order valence-electron chi connectivity index (χ2n) is 7.98. The zero-order valence-electron chi connectivity index (χ0n) is 16.1. The van der Waals surface area contributed by atoms with E-state index in [0.717, 1.165) is 52.0 Å². The maximum absolute atomic E-state index is 12.2. The van der Waals surface area contributed by atoms with Crippen molar-refractivity contribution >= 4 is 11.8 Å². The van der Waals surface area contributed by atoms with Gasteiger partial charge in [-0.2, -0.15) is 0 Å². The van der Waals surface area contributed by atoms with Gasteiger partial charge in [0.1, 0.15) is 0 Å². The molecule has 1 atom stereocenters. The van der Waals surface area contributed by atoms with Gasteiger partial charge in [0.2, 0.25) is 11.8 Å². The molecule has 0 aromatic rings. The van der Waals surface area contributed by atoms with Gasteiger partial charge in [0.05, 0.1) is 12.6 Å². The molecule has 1 heterocycles. The van der Waals surface area contributed by atoms with Crippen LogP contribution in [-0.2, 0) is 9.59 Å². The number of hydrogen-bond acceptors (Lipinski definition) is 4. The molecule has 1 aliphatic heterocycles. The van der Waals surface area contributed by atoms with Crippen LogP contribution in [-0.4, -0.2) is 73.0 Å². The molecule has 0 aromatic heterocycles. The van der Waals surface area contributed by atoms with Crippen LogP contribution in [0.25, 0.3) is 0 Å². The van der Waals surface area contributed by atoms with Crippen molar-refractivity contribution in [2.24, 2.45) is 0 Å². The molecule has 146 valence electrons. The number of amides is 2. The van der Waals surface area contributed by atoms with Gasteiger partial charge in [0.15, 0.2) is 0 Å². The summed E-state index contributed by atoms with van der Waals surface area (Å²) >= 11 is 0. The average Bonchev–Trinajstić information content (AvgIpc) is 3.46. The Morgan fingerprint density at radius 3 is 2.62 bits per heavy atom. The SMILES string of the molecule is CC(C(=O)NC1CC1)N1CCN(CC(=O)NCCC2=CCCCC2)CC1. The highest BCUT2D eigenvalue weighted by Crippen LogP contribution is 2.20. The van der Waals surface area contributed by atoms with Crippen LogP contribution in [0, 0.1) is 0 Å². The number of allylic oxidation sites excluding steroid dienone is 1. The maximum Gasteiger partial charge on any atom is 0.237 e. The maximum atomic E-state index is 12.2. The molecular formula is C20H34N4O2. The van der Waals surface area contributed by atoms with E-state index in [9.17, 15) is 9.59 Å². The highest BCUT2D eigenvalue weighted by molar-refractivity contribution is 5.82. The third-order valence-electron chi connectivity index (χ3n) is 5.78. The molecule has 1 saturated carbocycles. The van der Waals surface area contributed by atoms with Crippen molar-refractivity contribution in [3.8, 4) is 0 Å². The van der Waals surface area contributed by atoms with Crippen LogP contribution in [0.5, 0.6) is 0 Å². The summed E-state index contributed by atoms with van der Waals surface area (Å²) < 4.78 is 0. The molecule has 0 aromatic carbocycles.